The molecule has 0 aliphatic carbocycles. The van der Waals surface area contributed by atoms with Crippen molar-refractivity contribution in [3.63, 3.8) is 0 Å². The van der Waals surface area contributed by atoms with Gasteiger partial charge in [0.15, 0.2) is 5.96 Å². The minimum atomic E-state index is -3.46. The Morgan fingerprint density at radius 1 is 1.38 bits per heavy atom. The quantitative estimate of drug-likeness (QED) is 0.662. The molecule has 1 aromatic rings. The fourth-order valence-corrected chi connectivity index (χ4v) is 4.10. The summed E-state index contributed by atoms with van der Waals surface area (Å²) in [7, 11) is 1.41. The Morgan fingerprint density at radius 3 is 2.71 bits per heavy atom. The zero-order valence-corrected chi connectivity index (χ0v) is 15.8. The number of likely N-dealkylation sites (tertiary alicyclic amines) is 1. The Bertz CT molecular complexity index is 686. The topological polar surface area (TPSA) is 65.0 Å². The van der Waals surface area contributed by atoms with Crippen molar-refractivity contribution >= 4 is 16.0 Å². The summed E-state index contributed by atoms with van der Waals surface area (Å²) in [5.41, 5.74) is 0.748. The molecule has 1 fully saturated rings. The summed E-state index contributed by atoms with van der Waals surface area (Å²) in [5, 5.41) is 3.32. The van der Waals surface area contributed by atoms with Gasteiger partial charge in [-0.2, -0.15) is 0 Å². The molecule has 1 heterocycles. The van der Waals surface area contributed by atoms with Gasteiger partial charge in [-0.3, -0.25) is 4.99 Å². The zero-order chi connectivity index (χ0) is 17.7. The van der Waals surface area contributed by atoms with Crippen LogP contribution in [0.2, 0.25) is 0 Å². The Morgan fingerprint density at radius 2 is 2.08 bits per heavy atom. The van der Waals surface area contributed by atoms with Gasteiger partial charge in [0, 0.05) is 40.8 Å². The third kappa shape index (κ3) is 4.27. The lowest BCUT2D eigenvalue weighted by Gasteiger charge is -2.33. The van der Waals surface area contributed by atoms with Crippen LogP contribution in [0.15, 0.2) is 34.2 Å². The number of nitrogens with zero attached hydrogens (tertiary/aromatic N) is 3. The molecule has 1 aliphatic rings. The van der Waals surface area contributed by atoms with Crippen molar-refractivity contribution in [1.29, 1.82) is 0 Å². The SMILES string of the molecule is CN=C(NCc1ccccc1S(=O)(=O)N(C)C)N1CCCC(C)C1. The molecule has 7 heteroatoms. The lowest BCUT2D eigenvalue weighted by atomic mass is 10.0. The number of benzene rings is 1. The Kier molecular flexibility index (Phi) is 6.23. The Labute approximate surface area is 145 Å². The summed E-state index contributed by atoms with van der Waals surface area (Å²) in [6.45, 7) is 4.65. The van der Waals surface area contributed by atoms with Crippen molar-refractivity contribution in [2.45, 2.75) is 31.2 Å². The number of hydrogen-bond donors (Lipinski definition) is 1. The molecular formula is C17H28N4O2S. The van der Waals surface area contributed by atoms with Gasteiger partial charge in [0.05, 0.1) is 4.90 Å². The van der Waals surface area contributed by atoms with Gasteiger partial charge < -0.3 is 10.2 Å². The number of sulfonamides is 1. The Balaban J connectivity index is 2.14. The van der Waals surface area contributed by atoms with Crippen LogP contribution in [0, 0.1) is 5.92 Å². The van der Waals surface area contributed by atoms with E-state index in [-0.39, 0.29) is 0 Å². The first-order chi connectivity index (χ1) is 11.4. The van der Waals surface area contributed by atoms with Crippen LogP contribution in [0.25, 0.3) is 0 Å². The molecule has 1 atom stereocenters. The molecule has 0 amide bonds. The number of nitrogens with one attached hydrogen (secondary N) is 1. The first kappa shape index (κ1) is 18.7. The van der Waals surface area contributed by atoms with Gasteiger partial charge in [0.25, 0.3) is 0 Å². The second kappa shape index (κ2) is 7.98. The summed E-state index contributed by atoms with van der Waals surface area (Å²) in [5.74, 6) is 1.48. The van der Waals surface area contributed by atoms with Gasteiger partial charge in [-0.15, -0.1) is 0 Å². The first-order valence-electron chi connectivity index (χ1n) is 8.32. The van der Waals surface area contributed by atoms with E-state index in [1.165, 1.54) is 10.7 Å². The maximum Gasteiger partial charge on any atom is 0.242 e. The van der Waals surface area contributed by atoms with E-state index in [1.54, 1.807) is 33.3 Å². The molecule has 1 aromatic carbocycles. The molecule has 134 valence electrons. The fourth-order valence-electron chi connectivity index (χ4n) is 2.99. The van der Waals surface area contributed by atoms with E-state index < -0.39 is 10.0 Å². The average molecular weight is 353 g/mol. The van der Waals surface area contributed by atoms with Crippen molar-refractivity contribution in [3.8, 4) is 0 Å². The van der Waals surface area contributed by atoms with E-state index in [0.29, 0.717) is 17.4 Å². The molecule has 1 unspecified atom stereocenters. The van der Waals surface area contributed by atoms with Crippen LogP contribution in [-0.4, -0.2) is 57.8 Å². The first-order valence-corrected chi connectivity index (χ1v) is 9.76. The summed E-state index contributed by atoms with van der Waals surface area (Å²) < 4.78 is 26.2. The van der Waals surface area contributed by atoms with Crippen LogP contribution in [-0.2, 0) is 16.6 Å². The lowest BCUT2D eigenvalue weighted by Crippen LogP contribution is -2.46. The van der Waals surface area contributed by atoms with Gasteiger partial charge in [-0.1, -0.05) is 25.1 Å². The molecule has 0 saturated carbocycles. The Hall–Kier alpha value is -1.60. The van der Waals surface area contributed by atoms with Crippen LogP contribution in [0.3, 0.4) is 0 Å². The van der Waals surface area contributed by atoms with E-state index in [1.807, 2.05) is 12.1 Å². The van der Waals surface area contributed by atoms with E-state index in [4.69, 9.17) is 0 Å². The van der Waals surface area contributed by atoms with E-state index in [2.05, 4.69) is 22.1 Å². The maximum atomic E-state index is 12.5. The maximum absolute atomic E-state index is 12.5. The van der Waals surface area contributed by atoms with Crippen LogP contribution < -0.4 is 5.32 Å². The number of guanidine groups is 1. The second-order valence-electron chi connectivity index (χ2n) is 6.49. The molecule has 6 nitrogen and oxygen atoms in total. The van der Waals surface area contributed by atoms with Crippen LogP contribution >= 0.6 is 0 Å². The van der Waals surface area contributed by atoms with Gasteiger partial charge >= 0.3 is 0 Å². The fraction of sp³-hybridized carbons (Fsp3) is 0.588. The number of aliphatic imine (C=N–C) groups is 1. The van der Waals surface area contributed by atoms with Crippen molar-refractivity contribution in [2.75, 3.05) is 34.2 Å². The molecule has 1 saturated heterocycles. The summed E-state index contributed by atoms with van der Waals surface area (Å²) >= 11 is 0. The second-order valence-corrected chi connectivity index (χ2v) is 8.61. The van der Waals surface area contributed by atoms with Crippen molar-refractivity contribution < 1.29 is 8.42 Å². The van der Waals surface area contributed by atoms with Crippen molar-refractivity contribution in [3.05, 3.63) is 29.8 Å². The molecule has 24 heavy (non-hydrogen) atoms. The smallest absolute Gasteiger partial charge is 0.242 e. The van der Waals surface area contributed by atoms with Crippen LogP contribution in [0.5, 0.6) is 0 Å². The van der Waals surface area contributed by atoms with Gasteiger partial charge in [0.1, 0.15) is 0 Å². The predicted octanol–water partition coefficient (Wildman–Crippen LogP) is 1.74. The van der Waals surface area contributed by atoms with E-state index in [0.717, 1.165) is 31.0 Å². The number of rotatable bonds is 4. The minimum absolute atomic E-state index is 0.338. The lowest BCUT2D eigenvalue weighted by molar-refractivity contribution is 0.266. The zero-order valence-electron chi connectivity index (χ0n) is 15.0. The highest BCUT2D eigenvalue weighted by Crippen LogP contribution is 2.19. The largest absolute Gasteiger partial charge is 0.352 e. The van der Waals surface area contributed by atoms with E-state index >= 15 is 0 Å². The molecule has 1 aliphatic heterocycles. The highest BCUT2D eigenvalue weighted by Gasteiger charge is 2.22. The third-order valence-electron chi connectivity index (χ3n) is 4.34. The third-order valence-corrected chi connectivity index (χ3v) is 6.25. The highest BCUT2D eigenvalue weighted by molar-refractivity contribution is 7.89. The van der Waals surface area contributed by atoms with Gasteiger partial charge in [-0.05, 0) is 30.4 Å². The van der Waals surface area contributed by atoms with Crippen molar-refractivity contribution in [1.82, 2.24) is 14.5 Å². The number of piperidine rings is 1. The van der Waals surface area contributed by atoms with Crippen LogP contribution in [0.4, 0.5) is 0 Å². The molecule has 0 radical (unpaired) electrons. The summed E-state index contributed by atoms with van der Waals surface area (Å²) in [6.07, 6.45) is 2.41. The molecular weight excluding hydrogens is 324 g/mol. The molecule has 0 bridgehead atoms. The van der Waals surface area contributed by atoms with Gasteiger partial charge in [-0.25, -0.2) is 12.7 Å². The van der Waals surface area contributed by atoms with Crippen LogP contribution in [0.1, 0.15) is 25.3 Å². The average Bonchev–Trinajstić information content (AvgIpc) is 2.55. The van der Waals surface area contributed by atoms with E-state index in [9.17, 15) is 8.42 Å². The number of hydrogen-bond acceptors (Lipinski definition) is 3. The summed E-state index contributed by atoms with van der Waals surface area (Å²) in [4.78, 5) is 6.94. The molecule has 2 rings (SSSR count). The molecule has 1 N–H and O–H groups in total. The monoisotopic (exact) mass is 352 g/mol. The molecule has 0 aromatic heterocycles. The predicted molar refractivity (Wildman–Crippen MR) is 97.5 cm³/mol. The standard InChI is InChI=1S/C17H28N4O2S/c1-14-8-7-11-21(13-14)17(18-2)19-12-15-9-5-6-10-16(15)24(22,23)20(3)4/h5-6,9-10,14H,7-8,11-13H2,1-4H3,(H,18,19). The molecule has 0 spiro atoms. The van der Waals surface area contributed by atoms with Crippen molar-refractivity contribution in [2.24, 2.45) is 10.9 Å². The summed E-state index contributed by atoms with van der Waals surface area (Å²) in [6, 6.07) is 7.10. The minimum Gasteiger partial charge on any atom is -0.352 e. The van der Waals surface area contributed by atoms with Gasteiger partial charge in [0.2, 0.25) is 10.0 Å². The normalized spacial score (nSPS) is 19.6. The highest BCUT2D eigenvalue weighted by atomic mass is 32.2.